The Bertz CT molecular complexity index is 716. The number of nitrogen functional groups attached to an aromatic ring is 1. The molecule has 3 rings (SSSR count). The fourth-order valence-corrected chi connectivity index (χ4v) is 3.32. The molecule has 0 saturated heterocycles. The molecular weight excluding hydrogens is 312 g/mol. The molecule has 0 amide bonds. The van der Waals surface area contributed by atoms with Crippen molar-refractivity contribution >= 4 is 44.4 Å². The molecule has 3 aromatic rings. The minimum absolute atomic E-state index is 0.503. The van der Waals surface area contributed by atoms with E-state index >= 15 is 0 Å². The molecule has 3 aromatic heterocycles. The average Bonchev–Trinajstić information content (AvgIpc) is 2.86. The normalized spacial score (nSPS) is 11.2. The Balaban J connectivity index is 2.13. The molecule has 92 valence electrons. The molecule has 0 spiro atoms. The molecule has 3 heterocycles. The van der Waals surface area contributed by atoms with Crippen molar-refractivity contribution in [3.8, 4) is 0 Å². The van der Waals surface area contributed by atoms with E-state index in [-0.39, 0.29) is 0 Å². The van der Waals surface area contributed by atoms with Crippen LogP contribution in [0, 0.1) is 6.92 Å². The van der Waals surface area contributed by atoms with Crippen LogP contribution in [0.3, 0.4) is 0 Å². The van der Waals surface area contributed by atoms with Crippen LogP contribution in [0.2, 0.25) is 0 Å². The van der Waals surface area contributed by atoms with Gasteiger partial charge in [0, 0.05) is 15.0 Å². The van der Waals surface area contributed by atoms with Crippen molar-refractivity contribution in [3.63, 3.8) is 0 Å². The quantitative estimate of drug-likeness (QED) is 0.788. The highest BCUT2D eigenvalue weighted by Crippen LogP contribution is 2.26. The van der Waals surface area contributed by atoms with Gasteiger partial charge < -0.3 is 5.73 Å². The van der Waals surface area contributed by atoms with Gasteiger partial charge in [0.1, 0.15) is 5.52 Å². The Morgan fingerprint density at radius 2 is 2.17 bits per heavy atom. The summed E-state index contributed by atoms with van der Waals surface area (Å²) in [6.07, 6.45) is 0. The lowest BCUT2D eigenvalue weighted by Crippen LogP contribution is -2.04. The van der Waals surface area contributed by atoms with Crippen LogP contribution in [0.15, 0.2) is 28.1 Å². The van der Waals surface area contributed by atoms with Crippen LogP contribution in [0.4, 0.5) is 5.95 Å². The number of aryl methyl sites for hydroxylation is 1. The molecule has 0 aliphatic carbocycles. The smallest absolute Gasteiger partial charge is 0.202 e. The molecule has 0 unspecified atom stereocenters. The van der Waals surface area contributed by atoms with Crippen molar-refractivity contribution in [2.24, 2.45) is 0 Å². The highest BCUT2D eigenvalue weighted by atomic mass is 79.9. The zero-order valence-corrected chi connectivity index (χ0v) is 12.1. The van der Waals surface area contributed by atoms with Gasteiger partial charge in [0.25, 0.3) is 0 Å². The number of hydrogen-bond acceptors (Lipinski definition) is 4. The summed E-state index contributed by atoms with van der Waals surface area (Å²) in [6.45, 7) is 2.66. The lowest BCUT2D eigenvalue weighted by Gasteiger charge is -2.05. The third-order valence-electron chi connectivity index (χ3n) is 2.75. The number of pyridine rings is 1. The minimum atomic E-state index is 0.503. The monoisotopic (exact) mass is 322 g/mol. The first-order valence-electron chi connectivity index (χ1n) is 5.46. The van der Waals surface area contributed by atoms with Crippen LogP contribution in [-0.2, 0) is 6.54 Å². The number of imidazole rings is 1. The summed E-state index contributed by atoms with van der Waals surface area (Å²) in [5, 5.41) is 2.05. The summed E-state index contributed by atoms with van der Waals surface area (Å²) in [7, 11) is 0. The number of rotatable bonds is 2. The van der Waals surface area contributed by atoms with Crippen molar-refractivity contribution in [1.29, 1.82) is 0 Å². The van der Waals surface area contributed by atoms with Gasteiger partial charge >= 0.3 is 0 Å². The predicted octanol–water partition coefficient (Wildman–Crippen LogP) is 3.19. The third-order valence-corrected chi connectivity index (χ3v) is 4.66. The summed E-state index contributed by atoms with van der Waals surface area (Å²) in [5.74, 6) is 0.503. The number of anilines is 1. The van der Waals surface area contributed by atoms with Crippen LogP contribution >= 0.6 is 27.3 Å². The Morgan fingerprint density at radius 3 is 2.89 bits per heavy atom. The van der Waals surface area contributed by atoms with Crippen LogP contribution in [0.5, 0.6) is 0 Å². The van der Waals surface area contributed by atoms with E-state index in [2.05, 4.69) is 25.9 Å². The fraction of sp³-hybridized carbons (Fsp3) is 0.167. The van der Waals surface area contributed by atoms with Gasteiger partial charge in [-0.2, -0.15) is 0 Å². The molecule has 0 saturated carbocycles. The molecule has 0 radical (unpaired) electrons. The summed E-state index contributed by atoms with van der Waals surface area (Å²) in [6, 6.07) is 5.93. The van der Waals surface area contributed by atoms with Crippen molar-refractivity contribution in [2.45, 2.75) is 13.5 Å². The second-order valence-electron chi connectivity index (χ2n) is 4.04. The number of halogens is 1. The van der Waals surface area contributed by atoms with Crippen LogP contribution in [0.25, 0.3) is 11.2 Å². The minimum Gasteiger partial charge on any atom is -0.369 e. The van der Waals surface area contributed by atoms with Crippen LogP contribution in [-0.4, -0.2) is 14.5 Å². The predicted molar refractivity (Wildman–Crippen MR) is 77.8 cm³/mol. The third kappa shape index (κ3) is 1.91. The first-order valence-corrected chi connectivity index (χ1v) is 7.13. The van der Waals surface area contributed by atoms with Gasteiger partial charge in [-0.15, -0.1) is 11.3 Å². The van der Waals surface area contributed by atoms with E-state index in [0.717, 1.165) is 21.3 Å². The highest BCUT2D eigenvalue weighted by Gasteiger charge is 2.12. The standard InChI is InChI=1S/C12H11BrN4S/c1-7-2-3-9-11(15-7)17(12(14)16-9)6-10-8(13)4-5-18-10/h2-5H,6H2,1H3,(H2,14,16). The molecule has 0 bridgehead atoms. The van der Waals surface area contributed by atoms with E-state index in [0.29, 0.717) is 12.5 Å². The van der Waals surface area contributed by atoms with Crippen molar-refractivity contribution in [2.75, 3.05) is 5.73 Å². The summed E-state index contributed by atoms with van der Waals surface area (Å²) in [5.41, 5.74) is 8.62. The van der Waals surface area contributed by atoms with Gasteiger partial charge in [-0.3, -0.25) is 4.57 Å². The van der Waals surface area contributed by atoms with Gasteiger partial charge in [-0.05, 0) is 46.4 Å². The molecule has 0 fully saturated rings. The molecule has 4 nitrogen and oxygen atoms in total. The maximum Gasteiger partial charge on any atom is 0.202 e. The molecular formula is C12H11BrN4S. The lowest BCUT2D eigenvalue weighted by atomic mass is 10.3. The van der Waals surface area contributed by atoms with Crippen molar-refractivity contribution in [3.05, 3.63) is 38.6 Å². The van der Waals surface area contributed by atoms with Gasteiger partial charge in [0.15, 0.2) is 5.65 Å². The molecule has 0 aromatic carbocycles. The SMILES string of the molecule is Cc1ccc2nc(N)n(Cc3sccc3Br)c2n1. The lowest BCUT2D eigenvalue weighted by molar-refractivity contribution is 0.836. The Morgan fingerprint density at radius 1 is 1.33 bits per heavy atom. The van der Waals surface area contributed by atoms with Gasteiger partial charge in [-0.1, -0.05) is 0 Å². The number of hydrogen-bond donors (Lipinski definition) is 1. The van der Waals surface area contributed by atoms with Gasteiger partial charge in [0.2, 0.25) is 5.95 Å². The Kier molecular flexibility index (Phi) is 2.83. The first-order chi connectivity index (χ1) is 8.65. The molecule has 0 aliphatic heterocycles. The van der Waals surface area contributed by atoms with E-state index in [4.69, 9.17) is 5.73 Å². The van der Waals surface area contributed by atoms with Crippen molar-refractivity contribution in [1.82, 2.24) is 14.5 Å². The van der Waals surface area contributed by atoms with E-state index in [1.165, 1.54) is 4.88 Å². The second-order valence-corrected chi connectivity index (χ2v) is 5.90. The number of fused-ring (bicyclic) bond motifs is 1. The Hall–Kier alpha value is -1.40. The molecule has 18 heavy (non-hydrogen) atoms. The topological polar surface area (TPSA) is 56.7 Å². The maximum atomic E-state index is 5.97. The van der Waals surface area contributed by atoms with E-state index in [9.17, 15) is 0 Å². The molecule has 0 atom stereocenters. The van der Waals surface area contributed by atoms with Gasteiger partial charge in [0.05, 0.1) is 6.54 Å². The number of nitrogens with zero attached hydrogens (tertiary/aromatic N) is 3. The zero-order chi connectivity index (χ0) is 12.7. The fourth-order valence-electron chi connectivity index (χ4n) is 1.85. The number of aromatic nitrogens is 3. The number of nitrogens with two attached hydrogens (primary N) is 1. The second kappa shape index (κ2) is 4.37. The largest absolute Gasteiger partial charge is 0.369 e. The molecule has 6 heteroatoms. The van der Waals surface area contributed by atoms with Crippen LogP contribution < -0.4 is 5.73 Å². The van der Waals surface area contributed by atoms with Crippen molar-refractivity contribution < 1.29 is 0 Å². The zero-order valence-electron chi connectivity index (χ0n) is 9.72. The average molecular weight is 323 g/mol. The van der Waals surface area contributed by atoms with E-state index in [1.54, 1.807) is 11.3 Å². The number of thiophene rings is 1. The molecule has 2 N–H and O–H groups in total. The van der Waals surface area contributed by atoms with Gasteiger partial charge in [-0.25, -0.2) is 9.97 Å². The Labute approximate surface area is 117 Å². The van der Waals surface area contributed by atoms with E-state index < -0.39 is 0 Å². The summed E-state index contributed by atoms with van der Waals surface area (Å²) < 4.78 is 3.04. The summed E-state index contributed by atoms with van der Waals surface area (Å²) in [4.78, 5) is 10.1. The van der Waals surface area contributed by atoms with Crippen LogP contribution in [0.1, 0.15) is 10.6 Å². The highest BCUT2D eigenvalue weighted by molar-refractivity contribution is 9.10. The first kappa shape index (κ1) is 11.7. The maximum absolute atomic E-state index is 5.97. The molecule has 0 aliphatic rings. The summed E-state index contributed by atoms with van der Waals surface area (Å²) >= 11 is 5.22. The van der Waals surface area contributed by atoms with E-state index in [1.807, 2.05) is 35.1 Å².